The summed E-state index contributed by atoms with van der Waals surface area (Å²) in [5, 5.41) is 0. The van der Waals surface area contributed by atoms with Gasteiger partial charge in [-0.15, -0.1) is 0 Å². The van der Waals surface area contributed by atoms with Crippen molar-refractivity contribution in [2.45, 2.75) is 105 Å². The molecule has 2 aliphatic heterocycles. The van der Waals surface area contributed by atoms with Gasteiger partial charge in [-0.1, -0.05) is 59.9 Å². The fourth-order valence-corrected chi connectivity index (χ4v) is 12.7. The second-order valence-electron chi connectivity index (χ2n) is 18.4. The number of benzene rings is 2. The summed E-state index contributed by atoms with van der Waals surface area (Å²) in [5.74, 6) is -0.797. The van der Waals surface area contributed by atoms with E-state index in [1.54, 1.807) is 6.07 Å². The second-order valence-corrected chi connectivity index (χ2v) is 18.4. The second kappa shape index (κ2) is 13.6. The number of carbonyl (C=O) groups excluding carboxylic acids is 6. The van der Waals surface area contributed by atoms with E-state index in [1.807, 2.05) is 0 Å². The molecule has 0 bridgehead atoms. The first kappa shape index (κ1) is 36.8. The zero-order valence-corrected chi connectivity index (χ0v) is 32.1. The SMILES string of the molecule is CC(C)CCCC(C)C1CCC2C3CC(C(=O)Oc4ccc5c(c4)C(=O)OC5=O)C4CC(C(=O)c5ccc6c(c5)C(=O)OC6=O)CCC4(C)C3CCC12C. The van der Waals surface area contributed by atoms with Gasteiger partial charge in [-0.05, 0) is 134 Å². The molecular weight excluding hydrogens is 684 g/mol. The number of Topliss-reactive ketones (excluding diaryl/α,β-unsaturated/α-hetero) is 1. The minimum atomic E-state index is -0.755. The first-order valence-electron chi connectivity index (χ1n) is 20.3. The van der Waals surface area contributed by atoms with Gasteiger partial charge in [0.2, 0.25) is 0 Å². The van der Waals surface area contributed by atoms with Gasteiger partial charge in [-0.2, -0.15) is 0 Å². The lowest BCUT2D eigenvalue weighted by atomic mass is 9.41. The van der Waals surface area contributed by atoms with Crippen molar-refractivity contribution in [2.75, 3.05) is 0 Å². The molecule has 9 nitrogen and oxygen atoms in total. The van der Waals surface area contributed by atoms with Crippen LogP contribution in [-0.2, 0) is 14.3 Å². The number of fused-ring (bicyclic) bond motifs is 7. The Bertz CT molecular complexity index is 1940. The summed E-state index contributed by atoms with van der Waals surface area (Å²) < 4.78 is 15.7. The van der Waals surface area contributed by atoms with E-state index < -0.39 is 29.8 Å². The molecule has 2 heterocycles. The van der Waals surface area contributed by atoms with E-state index in [9.17, 15) is 28.8 Å². The Morgan fingerprint density at radius 2 is 1.35 bits per heavy atom. The number of carbonyl (C=O) groups is 6. The molecule has 2 aromatic carbocycles. The van der Waals surface area contributed by atoms with E-state index in [4.69, 9.17) is 14.2 Å². The molecule has 10 atom stereocenters. The van der Waals surface area contributed by atoms with Crippen molar-refractivity contribution >= 4 is 35.6 Å². The number of esters is 5. The summed E-state index contributed by atoms with van der Waals surface area (Å²) in [4.78, 5) is 77.6. The normalized spacial score (nSPS) is 34.3. The van der Waals surface area contributed by atoms with Gasteiger partial charge in [-0.3, -0.25) is 9.59 Å². The Kier molecular flexibility index (Phi) is 9.24. The number of hydrogen-bond acceptors (Lipinski definition) is 9. The molecular formula is C45H52O9. The maximum absolute atomic E-state index is 14.6. The lowest BCUT2D eigenvalue weighted by Gasteiger charge is -2.63. The Balaban J connectivity index is 1.09. The van der Waals surface area contributed by atoms with Gasteiger partial charge in [0.15, 0.2) is 5.78 Å². The number of hydrogen-bond donors (Lipinski definition) is 0. The first-order chi connectivity index (χ1) is 25.7. The molecule has 0 aromatic heterocycles. The van der Waals surface area contributed by atoms with Gasteiger partial charge in [0.25, 0.3) is 0 Å². The van der Waals surface area contributed by atoms with Crippen LogP contribution in [-0.4, -0.2) is 35.6 Å². The quantitative estimate of drug-likeness (QED) is 0.107. The average molecular weight is 737 g/mol. The van der Waals surface area contributed by atoms with E-state index in [0.29, 0.717) is 60.3 Å². The summed E-state index contributed by atoms with van der Waals surface area (Å²) in [6, 6.07) is 9.00. The third-order valence-electron chi connectivity index (χ3n) is 15.4. The third kappa shape index (κ3) is 5.95. The lowest BCUT2D eigenvalue weighted by Crippen LogP contribution is -2.58. The average Bonchev–Trinajstić information content (AvgIpc) is 3.74. The molecule has 4 saturated carbocycles. The van der Waals surface area contributed by atoms with Gasteiger partial charge in [0.1, 0.15) is 5.75 Å². The zero-order chi connectivity index (χ0) is 38.3. The Labute approximate surface area is 317 Å². The third-order valence-corrected chi connectivity index (χ3v) is 15.4. The van der Waals surface area contributed by atoms with E-state index >= 15 is 0 Å². The topological polar surface area (TPSA) is 130 Å². The molecule has 286 valence electrons. The van der Waals surface area contributed by atoms with Crippen LogP contribution < -0.4 is 4.74 Å². The maximum atomic E-state index is 14.6. The van der Waals surface area contributed by atoms with Crippen molar-refractivity contribution in [3.05, 3.63) is 64.2 Å². The number of rotatable bonds is 9. The van der Waals surface area contributed by atoms with Crippen molar-refractivity contribution in [2.24, 2.45) is 64.1 Å². The van der Waals surface area contributed by atoms with Crippen LogP contribution in [0.2, 0.25) is 0 Å². The minimum Gasteiger partial charge on any atom is -0.426 e. The maximum Gasteiger partial charge on any atom is 0.347 e. The van der Waals surface area contributed by atoms with Crippen molar-refractivity contribution in [1.82, 2.24) is 0 Å². The lowest BCUT2D eigenvalue weighted by molar-refractivity contribution is -0.169. The smallest absolute Gasteiger partial charge is 0.347 e. The summed E-state index contributed by atoms with van der Waals surface area (Å²) in [5.41, 5.74) is 0.921. The molecule has 6 aliphatic rings. The molecule has 8 rings (SSSR count). The number of cyclic esters (lactones) is 4. The fourth-order valence-electron chi connectivity index (χ4n) is 12.7. The van der Waals surface area contributed by atoms with Crippen LogP contribution in [0.4, 0.5) is 0 Å². The summed E-state index contributed by atoms with van der Waals surface area (Å²) in [6.45, 7) is 11.9. The number of ether oxygens (including phenoxy) is 3. The van der Waals surface area contributed by atoms with Crippen molar-refractivity contribution in [3.63, 3.8) is 0 Å². The molecule has 10 unspecified atom stereocenters. The number of ketones is 1. The van der Waals surface area contributed by atoms with Gasteiger partial charge < -0.3 is 14.2 Å². The summed E-state index contributed by atoms with van der Waals surface area (Å²) >= 11 is 0. The molecule has 4 aliphatic carbocycles. The van der Waals surface area contributed by atoms with Crippen LogP contribution in [0.5, 0.6) is 5.75 Å². The molecule has 0 radical (unpaired) electrons. The fraction of sp³-hybridized carbons (Fsp3) is 0.600. The van der Waals surface area contributed by atoms with Crippen molar-refractivity contribution < 1.29 is 43.0 Å². The van der Waals surface area contributed by atoms with Gasteiger partial charge in [0, 0.05) is 11.5 Å². The minimum absolute atomic E-state index is 0.0876. The molecule has 0 N–H and O–H groups in total. The first-order valence-corrected chi connectivity index (χ1v) is 20.3. The molecule has 54 heavy (non-hydrogen) atoms. The van der Waals surface area contributed by atoms with Crippen molar-refractivity contribution in [3.8, 4) is 5.75 Å². The van der Waals surface area contributed by atoms with Gasteiger partial charge in [-0.25, -0.2) is 19.2 Å². The van der Waals surface area contributed by atoms with E-state index in [1.165, 1.54) is 68.9 Å². The van der Waals surface area contributed by atoms with Crippen LogP contribution in [0.1, 0.15) is 157 Å². The highest BCUT2D eigenvalue weighted by Gasteiger charge is 2.64. The van der Waals surface area contributed by atoms with Gasteiger partial charge in [0.05, 0.1) is 28.2 Å². The van der Waals surface area contributed by atoms with Crippen LogP contribution in [0.15, 0.2) is 36.4 Å². The molecule has 0 saturated heterocycles. The molecule has 9 heteroatoms. The van der Waals surface area contributed by atoms with E-state index in [2.05, 4.69) is 34.6 Å². The molecule has 0 amide bonds. The summed E-state index contributed by atoms with van der Waals surface area (Å²) in [7, 11) is 0. The largest absolute Gasteiger partial charge is 0.426 e. The van der Waals surface area contributed by atoms with Crippen LogP contribution >= 0.6 is 0 Å². The Morgan fingerprint density at radius 3 is 2.06 bits per heavy atom. The predicted octanol–water partition coefficient (Wildman–Crippen LogP) is 9.06. The van der Waals surface area contributed by atoms with E-state index in [0.717, 1.165) is 12.8 Å². The Morgan fingerprint density at radius 1 is 0.722 bits per heavy atom. The zero-order valence-electron chi connectivity index (χ0n) is 32.1. The molecule has 0 spiro atoms. The Hall–Kier alpha value is -4.14. The highest BCUT2D eigenvalue weighted by molar-refractivity contribution is 6.16. The summed E-state index contributed by atoms with van der Waals surface area (Å²) in [6.07, 6.45) is 11.2. The predicted molar refractivity (Wildman–Crippen MR) is 198 cm³/mol. The molecule has 4 fully saturated rings. The van der Waals surface area contributed by atoms with E-state index in [-0.39, 0.29) is 62.4 Å². The van der Waals surface area contributed by atoms with Gasteiger partial charge >= 0.3 is 29.8 Å². The monoisotopic (exact) mass is 736 g/mol. The highest BCUT2D eigenvalue weighted by Crippen LogP contribution is 2.70. The van der Waals surface area contributed by atoms with Crippen LogP contribution in [0.3, 0.4) is 0 Å². The van der Waals surface area contributed by atoms with Crippen molar-refractivity contribution in [1.29, 1.82) is 0 Å². The standard InChI is InChI=1S/C45H52O9/c1-23(2)7-6-8-24(3)34-13-14-35-32-22-33(43(51)52-27-10-12-29-31(21-27)42(50)54-40(29)48)37-20-26(15-17-45(37,5)36(32)16-18-44(34,35)4)38(46)25-9-11-28-30(19-25)41(49)53-39(28)47/h9-12,19,21,23-24,26,32-37H,6-8,13-18,20,22H2,1-5H3. The van der Waals surface area contributed by atoms with Crippen LogP contribution in [0.25, 0.3) is 0 Å². The molecule has 2 aromatic rings. The highest BCUT2D eigenvalue weighted by atomic mass is 16.6. The van der Waals surface area contributed by atoms with Crippen LogP contribution in [0, 0.1) is 64.1 Å².